The van der Waals surface area contributed by atoms with E-state index >= 15 is 0 Å². The van der Waals surface area contributed by atoms with E-state index in [0.29, 0.717) is 112 Å². The molecule has 0 saturated carbocycles. The minimum absolute atomic E-state index is 0.304. The molecule has 0 N–H and O–H groups in total. The van der Waals surface area contributed by atoms with Crippen LogP contribution in [0.4, 0.5) is 0 Å². The zero-order valence-electron chi connectivity index (χ0n) is 23.6. The molecule has 226 valence electrons. The number of fused-ring (bicyclic) bond motifs is 2. The van der Waals surface area contributed by atoms with Gasteiger partial charge in [-0.2, -0.15) is 0 Å². The van der Waals surface area contributed by atoms with Crippen molar-refractivity contribution >= 4 is 0 Å². The molecule has 0 radical (unpaired) electrons. The monoisotopic (exact) mass is 600 g/mol. The first-order valence-electron chi connectivity index (χ1n) is 14.0. The molecular formula is C28H28N10O6. The third kappa shape index (κ3) is 5.10. The largest absolute Gasteiger partial charge is 0.475 e. The first-order chi connectivity index (χ1) is 21.7. The van der Waals surface area contributed by atoms with Gasteiger partial charge in [0.05, 0.1) is 62.6 Å². The molecule has 0 unspecified atom stereocenters. The van der Waals surface area contributed by atoms with Crippen LogP contribution in [0.25, 0.3) is 34.2 Å². The van der Waals surface area contributed by atoms with Gasteiger partial charge in [0.25, 0.3) is 0 Å². The highest BCUT2D eigenvalue weighted by atomic mass is 16.6. The van der Waals surface area contributed by atoms with E-state index in [1.807, 2.05) is 0 Å². The minimum Gasteiger partial charge on any atom is -0.475 e. The highest BCUT2D eigenvalue weighted by molar-refractivity contribution is 5.63. The molecule has 4 aromatic heterocycles. The van der Waals surface area contributed by atoms with Crippen LogP contribution < -0.4 is 9.47 Å². The molecule has 4 aliphatic rings. The van der Waals surface area contributed by atoms with Crippen LogP contribution in [0.15, 0.2) is 49.6 Å². The number of ether oxygens (including phenoxy) is 6. The lowest BCUT2D eigenvalue weighted by Crippen LogP contribution is -2.48. The average Bonchev–Trinajstić information content (AvgIpc) is 3.85. The molecule has 44 heavy (non-hydrogen) atoms. The smallest absolute Gasteiger partial charge is 0.217 e. The van der Waals surface area contributed by atoms with Crippen molar-refractivity contribution in [1.82, 2.24) is 49.7 Å². The minimum atomic E-state index is -0.304. The number of nitrogens with zero attached hydrogens (tertiary/aromatic N) is 10. The molecule has 4 aromatic rings. The van der Waals surface area contributed by atoms with Crippen LogP contribution in [0.5, 0.6) is 11.8 Å². The van der Waals surface area contributed by atoms with Gasteiger partial charge in [-0.15, -0.1) is 0 Å². The zero-order chi connectivity index (χ0) is 29.4. The van der Waals surface area contributed by atoms with E-state index in [4.69, 9.17) is 38.4 Å². The van der Waals surface area contributed by atoms with E-state index in [1.54, 1.807) is 36.9 Å². The molecule has 0 amide bonds. The molecule has 0 atom stereocenters. The molecule has 16 heteroatoms. The van der Waals surface area contributed by atoms with Crippen LogP contribution in [0, 0.1) is 0 Å². The normalized spacial score (nSPS) is 20.5. The van der Waals surface area contributed by atoms with Gasteiger partial charge in [-0.3, -0.25) is 9.97 Å². The summed E-state index contributed by atoms with van der Waals surface area (Å²) in [5.74, 6) is 0.847. The van der Waals surface area contributed by atoms with Crippen LogP contribution in [0.2, 0.25) is 0 Å². The number of hydrogen-bond donors (Lipinski definition) is 0. The second kappa shape index (κ2) is 11.3. The molecule has 8 heterocycles. The van der Waals surface area contributed by atoms with Crippen LogP contribution in [-0.4, -0.2) is 127 Å². The topological polar surface area (TPSA) is 165 Å². The Morgan fingerprint density at radius 2 is 0.932 bits per heavy atom. The predicted molar refractivity (Wildman–Crippen MR) is 149 cm³/mol. The summed E-state index contributed by atoms with van der Waals surface area (Å²) in [6.45, 7) is 5.08. The van der Waals surface area contributed by atoms with Gasteiger partial charge < -0.3 is 28.4 Å². The Balaban J connectivity index is 0.984. The second-order valence-electron chi connectivity index (χ2n) is 11.1. The summed E-state index contributed by atoms with van der Waals surface area (Å²) in [6.07, 6.45) is 9.38. The molecular weight excluding hydrogens is 572 g/mol. The quantitative estimate of drug-likeness (QED) is 0.262. The SMILES string of the molecule is c1nc(OCC23COCN2COC3)cc(-c2cncc(-c3cncc(-c4cc(OCC56COCN5COC6)ncn4)n3)n2)n1. The zero-order valence-corrected chi connectivity index (χ0v) is 23.6. The summed E-state index contributed by atoms with van der Waals surface area (Å²) >= 11 is 0. The van der Waals surface area contributed by atoms with Gasteiger partial charge >= 0.3 is 0 Å². The number of aromatic nitrogens is 8. The lowest BCUT2D eigenvalue weighted by Gasteiger charge is -2.26. The van der Waals surface area contributed by atoms with Crippen molar-refractivity contribution in [1.29, 1.82) is 0 Å². The average molecular weight is 601 g/mol. The first kappa shape index (κ1) is 27.2. The van der Waals surface area contributed by atoms with E-state index in [2.05, 4.69) is 39.7 Å². The van der Waals surface area contributed by atoms with Crippen molar-refractivity contribution in [3.8, 4) is 45.9 Å². The van der Waals surface area contributed by atoms with Crippen molar-refractivity contribution in [3.05, 3.63) is 49.6 Å². The van der Waals surface area contributed by atoms with Gasteiger partial charge in [0.1, 0.15) is 86.6 Å². The van der Waals surface area contributed by atoms with Crippen LogP contribution in [0.1, 0.15) is 0 Å². The van der Waals surface area contributed by atoms with Gasteiger partial charge in [0.2, 0.25) is 11.8 Å². The Labute approximate surface area is 251 Å². The van der Waals surface area contributed by atoms with E-state index in [1.165, 1.54) is 12.7 Å². The van der Waals surface area contributed by atoms with Gasteiger partial charge in [-0.25, -0.2) is 39.7 Å². The fourth-order valence-electron chi connectivity index (χ4n) is 5.56. The Morgan fingerprint density at radius 1 is 0.545 bits per heavy atom. The Kier molecular flexibility index (Phi) is 7.00. The third-order valence-corrected chi connectivity index (χ3v) is 8.13. The second-order valence-corrected chi connectivity index (χ2v) is 11.1. The van der Waals surface area contributed by atoms with Crippen molar-refractivity contribution in [2.24, 2.45) is 0 Å². The summed E-state index contributed by atoms with van der Waals surface area (Å²) < 4.78 is 34.6. The van der Waals surface area contributed by atoms with Gasteiger partial charge in [-0.05, 0) is 0 Å². The number of hydrogen-bond acceptors (Lipinski definition) is 16. The Bertz CT molecular complexity index is 1520. The van der Waals surface area contributed by atoms with E-state index in [-0.39, 0.29) is 11.1 Å². The van der Waals surface area contributed by atoms with Crippen LogP contribution >= 0.6 is 0 Å². The molecule has 4 aliphatic heterocycles. The summed E-state index contributed by atoms with van der Waals surface area (Å²) in [5.41, 5.74) is 2.62. The predicted octanol–water partition coefficient (Wildman–Crippen LogP) is 0.638. The maximum Gasteiger partial charge on any atom is 0.217 e. The molecule has 0 aromatic carbocycles. The van der Waals surface area contributed by atoms with Crippen molar-refractivity contribution < 1.29 is 28.4 Å². The highest BCUT2D eigenvalue weighted by Crippen LogP contribution is 2.31. The van der Waals surface area contributed by atoms with Gasteiger partial charge in [0, 0.05) is 12.1 Å². The number of rotatable bonds is 9. The summed E-state index contributed by atoms with van der Waals surface area (Å²) in [7, 11) is 0. The molecule has 0 bridgehead atoms. The van der Waals surface area contributed by atoms with E-state index in [0.717, 1.165) is 0 Å². The summed E-state index contributed by atoms with van der Waals surface area (Å²) in [5, 5.41) is 0. The molecule has 4 saturated heterocycles. The fraction of sp³-hybridized carbons (Fsp3) is 0.429. The van der Waals surface area contributed by atoms with E-state index in [9.17, 15) is 0 Å². The van der Waals surface area contributed by atoms with E-state index < -0.39 is 0 Å². The van der Waals surface area contributed by atoms with Gasteiger partial charge in [0.15, 0.2) is 0 Å². The Hall–Kier alpha value is -4.32. The van der Waals surface area contributed by atoms with Gasteiger partial charge in [-0.1, -0.05) is 0 Å². The standard InChI is InChI=1S/C28H28N10O6/c1-19(31-13-33-25(1)43-11-27-7-39-15-37(27)16-40-8-27)21-3-29-5-23(35-21)24-6-30-4-22(36-24)20-2-26(34-14-32-20)44-12-28-9-41-17-38(28)18-42-10-28/h1-6,13-14H,7-12,15-18H2. The Morgan fingerprint density at radius 3 is 1.34 bits per heavy atom. The highest BCUT2D eigenvalue weighted by Gasteiger charge is 2.48. The fourth-order valence-corrected chi connectivity index (χ4v) is 5.56. The maximum atomic E-state index is 6.05. The van der Waals surface area contributed by atoms with Crippen LogP contribution in [0.3, 0.4) is 0 Å². The molecule has 4 fully saturated rings. The molecule has 0 aliphatic carbocycles. The van der Waals surface area contributed by atoms with Crippen molar-refractivity contribution in [2.45, 2.75) is 11.1 Å². The first-order valence-corrected chi connectivity index (χ1v) is 14.0. The molecule has 0 spiro atoms. The van der Waals surface area contributed by atoms with Crippen molar-refractivity contribution in [2.75, 3.05) is 66.6 Å². The molecule has 16 nitrogen and oxygen atoms in total. The third-order valence-electron chi connectivity index (χ3n) is 8.13. The lowest BCUT2D eigenvalue weighted by molar-refractivity contribution is 0.0692. The van der Waals surface area contributed by atoms with Crippen molar-refractivity contribution in [3.63, 3.8) is 0 Å². The summed E-state index contributed by atoms with van der Waals surface area (Å²) in [6, 6.07) is 3.47. The molecule has 8 rings (SSSR count). The lowest BCUT2D eigenvalue weighted by atomic mass is 10.0. The summed E-state index contributed by atoms with van der Waals surface area (Å²) in [4.78, 5) is 39.9. The maximum absolute atomic E-state index is 6.05. The van der Waals surface area contributed by atoms with Crippen LogP contribution in [-0.2, 0) is 18.9 Å².